The highest BCUT2D eigenvalue weighted by molar-refractivity contribution is 4.72. The average Bonchev–Trinajstić information content (AvgIpc) is 3.00. The molecule has 0 amide bonds. The van der Waals surface area contributed by atoms with Gasteiger partial charge in [-0.2, -0.15) is 0 Å². The summed E-state index contributed by atoms with van der Waals surface area (Å²) in [6, 6.07) is 0. The summed E-state index contributed by atoms with van der Waals surface area (Å²) in [6.07, 6.45) is 3.67. The molecule has 0 aromatic rings. The first-order valence-corrected chi connectivity index (χ1v) is 18.8. The lowest BCUT2D eigenvalue weighted by atomic mass is 10.3. The lowest BCUT2D eigenvalue weighted by molar-refractivity contribution is 0.141. The zero-order valence-corrected chi connectivity index (χ0v) is 33.4. The number of hydrogen-bond donors (Lipinski definition) is 0. The Hall–Kier alpha value is -0.400. The number of hydrogen-bond acceptors (Lipinski definition) is 10. The quantitative estimate of drug-likeness (QED) is 0.105. The molecule has 46 heavy (non-hydrogen) atoms. The van der Waals surface area contributed by atoms with E-state index in [-0.39, 0.29) is 0 Å². The zero-order valence-electron chi connectivity index (χ0n) is 33.4. The summed E-state index contributed by atoms with van der Waals surface area (Å²) < 4.78 is 0. The van der Waals surface area contributed by atoms with Gasteiger partial charge >= 0.3 is 0 Å². The Labute approximate surface area is 289 Å². The molecule has 0 N–H and O–H groups in total. The molecular formula is C36H84N10. The van der Waals surface area contributed by atoms with Crippen molar-refractivity contribution in [2.45, 2.75) is 40.0 Å². The van der Waals surface area contributed by atoms with Crippen LogP contribution in [0.25, 0.3) is 0 Å². The Morgan fingerprint density at radius 2 is 0.413 bits per heavy atom. The molecule has 278 valence electrons. The summed E-state index contributed by atoms with van der Waals surface area (Å²) in [7, 11) is 20.0. The van der Waals surface area contributed by atoms with Crippen LogP contribution in [0.2, 0.25) is 0 Å². The van der Waals surface area contributed by atoms with Gasteiger partial charge in [0.15, 0.2) is 0 Å². The maximum absolute atomic E-state index is 2.75. The fourth-order valence-electron chi connectivity index (χ4n) is 5.56. The van der Waals surface area contributed by atoms with Gasteiger partial charge < -0.3 is 39.2 Å². The maximum atomic E-state index is 2.75. The van der Waals surface area contributed by atoms with E-state index in [0.717, 1.165) is 118 Å². The minimum atomic E-state index is 1.11. The van der Waals surface area contributed by atoms with E-state index in [1.54, 1.807) is 0 Å². The third-order valence-electron chi connectivity index (χ3n) is 9.00. The van der Waals surface area contributed by atoms with Crippen molar-refractivity contribution < 1.29 is 0 Å². The Bertz CT molecular complexity index is 650. The first kappa shape index (κ1) is 45.6. The molecule has 0 aliphatic carbocycles. The molecule has 10 heteroatoms. The first-order valence-electron chi connectivity index (χ1n) is 18.8. The van der Waals surface area contributed by atoms with E-state index in [0.29, 0.717) is 0 Å². The molecule has 10 nitrogen and oxygen atoms in total. The highest BCUT2D eigenvalue weighted by Gasteiger charge is 2.15. The van der Waals surface area contributed by atoms with Crippen LogP contribution in [0, 0.1) is 0 Å². The molecule has 0 spiro atoms. The monoisotopic (exact) mass is 657 g/mol. The molecule has 0 aliphatic heterocycles. The molecule has 0 aliphatic rings. The predicted molar refractivity (Wildman–Crippen MR) is 205 cm³/mol. The molecule has 0 aromatic heterocycles. The molecule has 0 atom stereocenters. The van der Waals surface area contributed by atoms with Crippen molar-refractivity contribution in [3.05, 3.63) is 0 Å². The van der Waals surface area contributed by atoms with Crippen molar-refractivity contribution in [2.75, 3.05) is 201 Å². The fraction of sp³-hybridized carbons (Fsp3) is 1.00. The zero-order chi connectivity index (χ0) is 34.7. The molecule has 0 rings (SSSR count). The van der Waals surface area contributed by atoms with Gasteiger partial charge in [-0.3, -0.25) is 9.80 Å². The summed E-state index contributed by atoms with van der Waals surface area (Å²) in [5.41, 5.74) is 0. The highest BCUT2D eigenvalue weighted by atomic mass is 15.3. The largest absolute Gasteiger partial charge is 0.308 e. The average molecular weight is 657 g/mol. The molecule has 0 radical (unpaired) electrons. The van der Waals surface area contributed by atoms with Gasteiger partial charge in [-0.05, 0) is 102 Å². The maximum Gasteiger partial charge on any atom is 0.0110 e. The lowest BCUT2D eigenvalue weighted by Gasteiger charge is -2.33. The second kappa shape index (κ2) is 29.5. The molecule has 0 heterocycles. The van der Waals surface area contributed by atoms with E-state index in [9.17, 15) is 0 Å². The van der Waals surface area contributed by atoms with Gasteiger partial charge in [-0.25, -0.2) is 0 Å². The van der Waals surface area contributed by atoms with E-state index in [4.69, 9.17) is 0 Å². The third-order valence-corrected chi connectivity index (χ3v) is 9.00. The highest BCUT2D eigenvalue weighted by Crippen LogP contribution is 2.01. The van der Waals surface area contributed by atoms with Crippen LogP contribution >= 0.6 is 0 Å². The van der Waals surface area contributed by atoms with Crippen molar-refractivity contribution in [2.24, 2.45) is 0 Å². The van der Waals surface area contributed by atoms with Gasteiger partial charge in [0.25, 0.3) is 0 Å². The van der Waals surface area contributed by atoms with E-state index in [2.05, 4.69) is 133 Å². The molecule has 0 aromatic carbocycles. The Morgan fingerprint density at radius 3 is 0.696 bits per heavy atom. The van der Waals surface area contributed by atoms with E-state index >= 15 is 0 Å². The van der Waals surface area contributed by atoms with Gasteiger partial charge in [0.1, 0.15) is 0 Å². The predicted octanol–water partition coefficient (Wildman–Crippen LogP) is 1.90. The van der Waals surface area contributed by atoms with Crippen LogP contribution in [-0.4, -0.2) is 250 Å². The minimum Gasteiger partial charge on any atom is -0.308 e. The number of nitrogens with zero attached hydrogens (tertiary/aromatic N) is 10. The van der Waals surface area contributed by atoms with Gasteiger partial charge in [-0.15, -0.1) is 0 Å². The van der Waals surface area contributed by atoms with E-state index in [1.165, 1.54) is 38.9 Å². The van der Waals surface area contributed by atoms with Crippen LogP contribution < -0.4 is 0 Å². The second-order valence-electron chi connectivity index (χ2n) is 14.7. The third kappa shape index (κ3) is 27.5. The van der Waals surface area contributed by atoms with Gasteiger partial charge in [0.05, 0.1) is 0 Å². The smallest absolute Gasteiger partial charge is 0.0110 e. The Balaban J connectivity index is 5.36. The number of rotatable bonds is 33. The van der Waals surface area contributed by atoms with Crippen molar-refractivity contribution >= 4 is 0 Å². The summed E-state index contributed by atoms with van der Waals surface area (Å²) in [4.78, 5) is 25.3. The van der Waals surface area contributed by atoms with E-state index < -0.39 is 0 Å². The van der Waals surface area contributed by atoms with Gasteiger partial charge in [0.2, 0.25) is 0 Å². The number of likely N-dealkylation sites (N-methyl/N-ethyl adjacent to an activating group) is 6. The lowest BCUT2D eigenvalue weighted by Crippen LogP contribution is -2.46. The molecule has 0 unspecified atom stereocenters. The molecule has 0 fully saturated rings. The summed E-state index contributed by atoms with van der Waals surface area (Å²) >= 11 is 0. The Morgan fingerprint density at radius 1 is 0.217 bits per heavy atom. The van der Waals surface area contributed by atoms with Gasteiger partial charge in [-0.1, -0.05) is 20.8 Å². The summed E-state index contributed by atoms with van der Waals surface area (Å²) in [6.45, 7) is 31.0. The van der Waals surface area contributed by atoms with Crippen LogP contribution in [0.5, 0.6) is 0 Å². The molecule has 0 bridgehead atoms. The molecular weight excluding hydrogens is 572 g/mol. The first-order chi connectivity index (χ1) is 21.9. The van der Waals surface area contributed by atoms with Crippen molar-refractivity contribution in [1.82, 2.24) is 49.0 Å². The minimum absolute atomic E-state index is 1.11. The topological polar surface area (TPSA) is 32.4 Å². The molecule has 0 saturated heterocycles. The van der Waals surface area contributed by atoms with Gasteiger partial charge in [0, 0.05) is 118 Å². The summed E-state index contributed by atoms with van der Waals surface area (Å²) in [5.74, 6) is 0. The van der Waals surface area contributed by atoms with Crippen LogP contribution in [0.3, 0.4) is 0 Å². The fourth-order valence-corrected chi connectivity index (χ4v) is 5.56. The SMILES string of the molecule is CCCN(C)CCN(CCN(CCC)CCN(C)C)CCN(CCN(C)CCN(C)C)CCN(C)CCN(CCC)CCN(C)C. The van der Waals surface area contributed by atoms with Crippen LogP contribution in [0.1, 0.15) is 40.0 Å². The van der Waals surface area contributed by atoms with Crippen LogP contribution in [0.15, 0.2) is 0 Å². The van der Waals surface area contributed by atoms with Crippen molar-refractivity contribution in [3.8, 4) is 0 Å². The summed E-state index contributed by atoms with van der Waals surface area (Å²) in [5, 5.41) is 0. The van der Waals surface area contributed by atoms with Crippen LogP contribution in [-0.2, 0) is 0 Å². The van der Waals surface area contributed by atoms with Crippen molar-refractivity contribution in [1.29, 1.82) is 0 Å². The normalized spacial score (nSPS) is 12.9. The van der Waals surface area contributed by atoms with Crippen LogP contribution in [0.4, 0.5) is 0 Å². The molecule has 0 saturated carbocycles. The van der Waals surface area contributed by atoms with Crippen molar-refractivity contribution in [3.63, 3.8) is 0 Å². The Kier molecular flexibility index (Phi) is 29.3. The standard InChI is InChI=1S/C36H84N10/c1-13-16-40(10)23-30-46(34-33-44(18-15-3)28-21-39(8)9)36-35-45(31-25-41(11)22-19-37(4)5)32-26-42(12)24-29-43(17-14-2)27-20-38(6)7/h13-36H2,1-12H3. The van der Waals surface area contributed by atoms with E-state index in [1.807, 2.05) is 0 Å². The second-order valence-corrected chi connectivity index (χ2v) is 14.7.